The highest BCUT2D eigenvalue weighted by atomic mass is 16.5. The number of nitrogens with one attached hydrogen (secondary N) is 2. The molecule has 2 N–H and O–H groups in total. The summed E-state index contributed by atoms with van der Waals surface area (Å²) in [4.78, 5) is 74.5. The molecule has 2 atom stereocenters. The number of rotatable bonds is 13. The molecule has 202 valence electrons. The second kappa shape index (κ2) is 15.0. The molecule has 0 aromatic carbocycles. The predicted molar refractivity (Wildman–Crippen MR) is 128 cm³/mol. The highest BCUT2D eigenvalue weighted by Gasteiger charge is 2.42. The van der Waals surface area contributed by atoms with Gasteiger partial charge < -0.3 is 20.1 Å². The van der Waals surface area contributed by atoms with Crippen LogP contribution < -0.4 is 10.6 Å². The zero-order valence-electron chi connectivity index (χ0n) is 21.2. The maximum atomic E-state index is 12.3. The number of imide groups is 2. The molecule has 12 nitrogen and oxygen atoms in total. The van der Waals surface area contributed by atoms with Crippen LogP contribution in [0.3, 0.4) is 0 Å². The Morgan fingerprint density at radius 1 is 0.694 bits per heavy atom. The average Bonchev–Trinajstić information content (AvgIpc) is 3.43. The second-order valence-electron chi connectivity index (χ2n) is 8.73. The third kappa shape index (κ3) is 8.20. The standard InChI is InChI=1S/C24H38N4O8/c1-3-35-21(31)17-11-13-19(29)27(17)23(33)25-15-9-7-5-6-8-10-16-26-24(34)28-18(12-14-20(28)30)22(32)36-4-2/h17-18H,3-16H2,1-2H3,(H,25,33)(H,26,34). The van der Waals surface area contributed by atoms with Crippen molar-refractivity contribution in [3.63, 3.8) is 0 Å². The fraction of sp³-hybridized carbons (Fsp3) is 0.750. The van der Waals surface area contributed by atoms with Gasteiger partial charge in [0.1, 0.15) is 12.1 Å². The monoisotopic (exact) mass is 510 g/mol. The Morgan fingerprint density at radius 2 is 1.06 bits per heavy atom. The van der Waals surface area contributed by atoms with E-state index < -0.39 is 36.1 Å². The van der Waals surface area contributed by atoms with E-state index >= 15 is 0 Å². The first-order valence-electron chi connectivity index (χ1n) is 12.8. The number of esters is 2. The first-order valence-corrected chi connectivity index (χ1v) is 12.8. The van der Waals surface area contributed by atoms with Crippen LogP contribution in [0.5, 0.6) is 0 Å². The quantitative estimate of drug-likeness (QED) is 0.281. The Bertz CT molecular complexity index is 752. The normalized spacial score (nSPS) is 19.4. The van der Waals surface area contributed by atoms with Gasteiger partial charge in [0.15, 0.2) is 0 Å². The van der Waals surface area contributed by atoms with E-state index in [1.54, 1.807) is 13.8 Å². The minimum Gasteiger partial charge on any atom is -0.464 e. The second-order valence-corrected chi connectivity index (χ2v) is 8.73. The van der Waals surface area contributed by atoms with Crippen LogP contribution in [0.15, 0.2) is 0 Å². The maximum Gasteiger partial charge on any atom is 0.329 e. The van der Waals surface area contributed by atoms with Gasteiger partial charge in [-0.3, -0.25) is 9.59 Å². The van der Waals surface area contributed by atoms with Crippen LogP contribution in [0.1, 0.15) is 78.1 Å². The molecule has 2 heterocycles. The van der Waals surface area contributed by atoms with Crippen LogP contribution >= 0.6 is 0 Å². The Kier molecular flexibility index (Phi) is 12.1. The third-order valence-electron chi connectivity index (χ3n) is 6.13. The summed E-state index contributed by atoms with van der Waals surface area (Å²) in [5, 5.41) is 5.40. The Hall–Kier alpha value is -3.18. The van der Waals surface area contributed by atoms with E-state index in [4.69, 9.17) is 9.47 Å². The van der Waals surface area contributed by atoms with Crippen LogP contribution in [-0.2, 0) is 28.7 Å². The number of carbonyl (C=O) groups is 6. The van der Waals surface area contributed by atoms with E-state index in [-0.39, 0.29) is 50.7 Å². The lowest BCUT2D eigenvalue weighted by Crippen LogP contribution is -2.48. The molecule has 12 heteroatoms. The van der Waals surface area contributed by atoms with Gasteiger partial charge >= 0.3 is 24.0 Å². The number of nitrogens with zero attached hydrogens (tertiary/aromatic N) is 2. The van der Waals surface area contributed by atoms with Crippen LogP contribution in [0.2, 0.25) is 0 Å². The van der Waals surface area contributed by atoms with Crippen molar-refractivity contribution < 1.29 is 38.2 Å². The number of hydrogen-bond donors (Lipinski definition) is 2. The third-order valence-corrected chi connectivity index (χ3v) is 6.13. The van der Waals surface area contributed by atoms with E-state index in [1.807, 2.05) is 0 Å². The highest BCUT2D eigenvalue weighted by molar-refractivity contribution is 6.02. The molecule has 2 aliphatic rings. The lowest BCUT2D eigenvalue weighted by atomic mass is 10.1. The Balaban J connectivity index is 1.54. The molecule has 0 aromatic heterocycles. The first kappa shape index (κ1) is 29.1. The van der Waals surface area contributed by atoms with Crippen molar-refractivity contribution in [1.29, 1.82) is 0 Å². The summed E-state index contributed by atoms with van der Waals surface area (Å²) in [6.07, 6.45) is 5.98. The molecular weight excluding hydrogens is 472 g/mol. The molecular formula is C24H38N4O8. The van der Waals surface area contributed by atoms with Crippen molar-refractivity contribution in [2.75, 3.05) is 26.3 Å². The van der Waals surface area contributed by atoms with Crippen molar-refractivity contribution >= 4 is 35.8 Å². The molecule has 0 aromatic rings. The van der Waals surface area contributed by atoms with Crippen molar-refractivity contribution in [3.8, 4) is 0 Å². The predicted octanol–water partition coefficient (Wildman–Crippen LogP) is 1.85. The number of carbonyl (C=O) groups excluding carboxylic acids is 6. The SMILES string of the molecule is CCOC(=O)C1CCC(=O)N1C(=O)NCCCCCCCCNC(=O)N1C(=O)CCC1C(=O)OCC. The molecule has 2 aliphatic heterocycles. The molecule has 6 amide bonds. The zero-order valence-corrected chi connectivity index (χ0v) is 21.2. The summed E-state index contributed by atoms with van der Waals surface area (Å²) >= 11 is 0. The number of ether oxygens (including phenoxy) is 2. The molecule has 0 spiro atoms. The Labute approximate surface area is 211 Å². The summed E-state index contributed by atoms with van der Waals surface area (Å²) < 4.78 is 9.89. The fourth-order valence-electron chi connectivity index (χ4n) is 4.32. The number of likely N-dealkylation sites (tertiary alicyclic amines) is 2. The minimum absolute atomic E-state index is 0.150. The van der Waals surface area contributed by atoms with E-state index in [0.29, 0.717) is 13.1 Å². The van der Waals surface area contributed by atoms with Crippen molar-refractivity contribution in [2.45, 2.75) is 90.1 Å². The molecule has 36 heavy (non-hydrogen) atoms. The van der Waals surface area contributed by atoms with E-state index in [1.165, 1.54) is 0 Å². The molecule has 0 aliphatic carbocycles. The molecule has 2 saturated heterocycles. The lowest BCUT2D eigenvalue weighted by Gasteiger charge is -2.21. The van der Waals surface area contributed by atoms with Gasteiger partial charge in [0.25, 0.3) is 0 Å². The van der Waals surface area contributed by atoms with Crippen LogP contribution in [0.25, 0.3) is 0 Å². The van der Waals surface area contributed by atoms with Gasteiger partial charge in [-0.25, -0.2) is 29.0 Å². The molecule has 2 unspecified atom stereocenters. The zero-order chi connectivity index (χ0) is 26.5. The Morgan fingerprint density at radius 3 is 1.42 bits per heavy atom. The summed E-state index contributed by atoms with van der Waals surface area (Å²) in [5.74, 6) is -1.85. The first-order chi connectivity index (χ1) is 17.3. The largest absolute Gasteiger partial charge is 0.464 e. The highest BCUT2D eigenvalue weighted by Crippen LogP contribution is 2.21. The summed E-state index contributed by atoms with van der Waals surface area (Å²) in [7, 11) is 0. The van der Waals surface area contributed by atoms with Crippen molar-refractivity contribution in [3.05, 3.63) is 0 Å². The van der Waals surface area contributed by atoms with Crippen molar-refractivity contribution in [2.24, 2.45) is 0 Å². The van der Waals surface area contributed by atoms with Gasteiger partial charge in [0.2, 0.25) is 11.8 Å². The minimum atomic E-state index is -0.849. The van der Waals surface area contributed by atoms with Gasteiger partial charge in [-0.05, 0) is 39.5 Å². The van der Waals surface area contributed by atoms with Gasteiger partial charge in [-0.15, -0.1) is 0 Å². The smallest absolute Gasteiger partial charge is 0.329 e. The van der Waals surface area contributed by atoms with Gasteiger partial charge in [0, 0.05) is 25.9 Å². The maximum absolute atomic E-state index is 12.3. The summed E-state index contributed by atoms with van der Waals surface area (Å²) in [5.41, 5.74) is 0. The van der Waals surface area contributed by atoms with Gasteiger partial charge in [-0.1, -0.05) is 25.7 Å². The van der Waals surface area contributed by atoms with Crippen molar-refractivity contribution in [1.82, 2.24) is 20.4 Å². The van der Waals surface area contributed by atoms with Gasteiger partial charge in [0.05, 0.1) is 13.2 Å². The summed E-state index contributed by atoms with van der Waals surface area (Å²) in [6, 6.07) is -2.82. The van der Waals surface area contributed by atoms with Gasteiger partial charge in [-0.2, -0.15) is 0 Å². The number of amides is 6. The summed E-state index contributed by atoms with van der Waals surface area (Å²) in [6.45, 7) is 4.54. The molecule has 2 fully saturated rings. The van der Waals surface area contributed by atoms with E-state index in [2.05, 4.69) is 10.6 Å². The fourth-order valence-corrected chi connectivity index (χ4v) is 4.32. The lowest BCUT2D eigenvalue weighted by molar-refractivity contribution is -0.150. The molecule has 0 saturated carbocycles. The van der Waals surface area contributed by atoms with Crippen LogP contribution in [0, 0.1) is 0 Å². The number of unbranched alkanes of at least 4 members (excludes halogenated alkanes) is 5. The molecule has 0 bridgehead atoms. The number of urea groups is 2. The van der Waals surface area contributed by atoms with Crippen LogP contribution in [-0.4, -0.2) is 84.0 Å². The molecule has 0 radical (unpaired) electrons. The average molecular weight is 511 g/mol. The topological polar surface area (TPSA) is 151 Å². The molecule has 2 rings (SSSR count). The number of hydrogen-bond acceptors (Lipinski definition) is 8. The van der Waals surface area contributed by atoms with E-state index in [9.17, 15) is 28.8 Å². The van der Waals surface area contributed by atoms with Crippen LogP contribution in [0.4, 0.5) is 9.59 Å². The van der Waals surface area contributed by atoms with E-state index in [0.717, 1.165) is 48.3 Å².